The Morgan fingerprint density at radius 3 is 0.824 bits per heavy atom. The summed E-state index contributed by atoms with van der Waals surface area (Å²) >= 11 is 0.299. The van der Waals surface area contributed by atoms with E-state index >= 15 is 0 Å². The molecule has 0 bridgehead atoms. The van der Waals surface area contributed by atoms with Crippen LogP contribution in [0.25, 0.3) is 0 Å². The van der Waals surface area contributed by atoms with Crippen LogP contribution in [0.3, 0.4) is 0 Å². The maximum atomic E-state index is 9.41. The van der Waals surface area contributed by atoms with Crippen LogP contribution in [0.4, 0.5) is 0 Å². The van der Waals surface area contributed by atoms with Gasteiger partial charge in [-0.05, 0) is 26.0 Å². The minimum absolute atomic E-state index is 0.149. The summed E-state index contributed by atoms with van der Waals surface area (Å²) in [6.07, 6.45) is 12.4. The fraction of sp³-hybridized carbons (Fsp3) is 0.750. The van der Waals surface area contributed by atoms with Crippen LogP contribution < -0.4 is 20.4 Å². The van der Waals surface area contributed by atoms with Crippen molar-refractivity contribution in [1.29, 1.82) is 0 Å². The van der Waals surface area contributed by atoms with Crippen molar-refractivity contribution in [3.63, 3.8) is 0 Å². The molecular weight excluding hydrogens is 654 g/mol. The largest absolute Gasteiger partial charge is 0.545 e. The number of unbranched alkanes of at least 4 members (excludes halogenated alkanes) is 4. The Labute approximate surface area is 227 Å². The summed E-state index contributed by atoms with van der Waals surface area (Å²) in [4.78, 5) is 36.6. The molecule has 0 aliphatic heterocycles. The van der Waals surface area contributed by atoms with Crippen molar-refractivity contribution in [3.8, 4) is 0 Å². The first-order valence-electron chi connectivity index (χ1n) is 11.8. The maximum Gasteiger partial charge on any atom is 0.0643 e. The molecule has 0 aromatic rings. The van der Waals surface area contributed by atoms with E-state index in [1.165, 1.54) is 51.4 Å². The third-order valence-electron chi connectivity index (χ3n) is 3.18. The Balaban J connectivity index is -0.000000107. The molecule has 0 unspecified atom stereocenters. The molecule has 0 spiro atoms. The second kappa shape index (κ2) is 42.4. The molecule has 0 aliphatic carbocycles. The van der Waals surface area contributed by atoms with Crippen molar-refractivity contribution >= 4 is 66.2 Å². The van der Waals surface area contributed by atoms with E-state index in [0.29, 0.717) is 12.2 Å². The third kappa shape index (κ3) is 108. The first-order chi connectivity index (χ1) is 15.9. The molecule has 0 atom stereocenters. The molecule has 0 amide bonds. The Hall–Kier alpha value is -0.783. The Morgan fingerprint density at radius 1 is 0.529 bits per heavy atom. The molecule has 0 N–H and O–H groups in total. The van der Waals surface area contributed by atoms with Crippen molar-refractivity contribution < 1.29 is 39.6 Å². The van der Waals surface area contributed by atoms with Gasteiger partial charge in [0.25, 0.3) is 0 Å². The molecule has 0 radical (unpaired) electrons. The Bertz CT molecular complexity index is 422. The molecule has 0 aromatic carbocycles. The molecule has 0 heterocycles. The molecule has 34 heavy (non-hydrogen) atoms. The molecule has 0 saturated heterocycles. The van der Waals surface area contributed by atoms with E-state index in [2.05, 4.69) is 27.7 Å². The summed E-state index contributed by atoms with van der Waals surface area (Å²) in [5.41, 5.74) is 0. The monoisotopic (exact) mass is 700 g/mol. The van der Waals surface area contributed by atoms with Gasteiger partial charge in [-0.3, -0.25) is 0 Å². The van der Waals surface area contributed by atoms with Crippen LogP contribution in [0, 0.1) is 0 Å². The predicted octanol–water partition coefficient (Wildman–Crippen LogP) is 0.810. The topological polar surface area (TPSA) is 161 Å². The zero-order valence-corrected chi connectivity index (χ0v) is 27.6. The second-order valence-electron chi connectivity index (χ2n) is 6.87. The molecule has 0 fully saturated rings. The average molecular weight is 698 g/mol. The van der Waals surface area contributed by atoms with Crippen molar-refractivity contribution in [2.45, 2.75) is 111 Å². The van der Waals surface area contributed by atoms with Crippen LogP contribution in [-0.2, 0) is 19.2 Å². The van der Waals surface area contributed by atoms with Gasteiger partial charge in [0, 0.05) is 11.9 Å². The van der Waals surface area contributed by atoms with E-state index < -0.39 is 23.9 Å². The number of carbonyl (C=O) groups excluding carboxylic acids is 4. The van der Waals surface area contributed by atoms with Gasteiger partial charge >= 0.3 is 139 Å². The van der Waals surface area contributed by atoms with Crippen molar-refractivity contribution in [3.05, 3.63) is 12.2 Å². The predicted molar refractivity (Wildman–Crippen MR) is 131 cm³/mol. The van der Waals surface area contributed by atoms with E-state index in [1.807, 2.05) is 0 Å². The van der Waals surface area contributed by atoms with Gasteiger partial charge in [-0.15, -0.1) is 0 Å². The Morgan fingerprint density at radius 2 is 0.706 bits per heavy atom. The molecule has 0 rings (SSSR count). The number of rotatable bonds is 14. The molecule has 0 aliphatic rings. The van der Waals surface area contributed by atoms with Crippen LogP contribution in [0.1, 0.15) is 92.9 Å². The van der Waals surface area contributed by atoms with Gasteiger partial charge in [0.1, 0.15) is 0 Å². The SMILES string of the molecule is CC(=O)[O-].CC(=O)[O-].CCC[CH2][Sn+2][CH2]CCC.CCC[CH2][Sn+2][CH2]CCC.O=C([O-])/C=C\C(=O)[O-]. The van der Waals surface area contributed by atoms with Gasteiger partial charge in [-0.2, -0.15) is 0 Å². The number of carboxylic acids is 4. The molecule has 196 valence electrons. The standard InChI is InChI=1S/C4H4O4.4C4H9.2C2H4O2.2Sn/c5-3(6)1-2-4(7)8;4*1-3-4-2;2*1-2(3)4;;/h1-2H,(H,5,6)(H,7,8);4*1,3-4H2,2H3;2*1H3,(H,3,4);;/q;;;;;;;2*+2/p-4/b2-1-;;;;;;;;. The van der Waals surface area contributed by atoms with E-state index in [4.69, 9.17) is 19.8 Å². The fourth-order valence-corrected chi connectivity index (χ4v) is 9.91. The number of carboxylic acid groups (broad SMARTS) is 4. The van der Waals surface area contributed by atoms with Gasteiger partial charge in [-0.25, -0.2) is 0 Å². The summed E-state index contributed by atoms with van der Waals surface area (Å²) in [6, 6.07) is 0. The van der Waals surface area contributed by atoms with Gasteiger partial charge in [0.15, 0.2) is 0 Å². The van der Waals surface area contributed by atoms with E-state index in [9.17, 15) is 19.8 Å². The molecule has 8 nitrogen and oxygen atoms in total. The van der Waals surface area contributed by atoms with Crippen molar-refractivity contribution in [2.24, 2.45) is 0 Å². The Kier molecular flexibility index (Phi) is 54.0. The van der Waals surface area contributed by atoms with Gasteiger partial charge < -0.3 is 39.6 Å². The number of hydrogen-bond acceptors (Lipinski definition) is 8. The summed E-state index contributed by atoms with van der Waals surface area (Å²) in [7, 11) is 0. The second-order valence-corrected chi connectivity index (χ2v) is 15.4. The molecule has 0 aromatic heterocycles. The zero-order valence-electron chi connectivity index (χ0n) is 21.9. The van der Waals surface area contributed by atoms with E-state index in [0.717, 1.165) is 13.8 Å². The van der Waals surface area contributed by atoms with Gasteiger partial charge in [-0.1, -0.05) is 0 Å². The average Bonchev–Trinajstić information content (AvgIpc) is 2.72. The molecule has 10 heteroatoms. The summed E-state index contributed by atoms with van der Waals surface area (Å²) in [6.45, 7) is 11.1. The smallest absolute Gasteiger partial charge is 0.0643 e. The first kappa shape index (κ1) is 43.3. The normalized spacial score (nSPS) is 8.53. The third-order valence-corrected chi connectivity index (χ3v) is 11.3. The van der Waals surface area contributed by atoms with Crippen LogP contribution in [0.5, 0.6) is 0 Å². The zero-order chi connectivity index (χ0) is 27.6. The van der Waals surface area contributed by atoms with Crippen LogP contribution in [0.15, 0.2) is 12.2 Å². The van der Waals surface area contributed by atoms with Crippen LogP contribution in [0.2, 0.25) is 17.7 Å². The number of carbonyl (C=O) groups is 4. The molecular formula is C24H44O8Sn2. The fourth-order valence-electron chi connectivity index (χ4n) is 1.59. The van der Waals surface area contributed by atoms with Crippen LogP contribution in [-0.4, -0.2) is 66.2 Å². The van der Waals surface area contributed by atoms with Crippen LogP contribution >= 0.6 is 0 Å². The minimum Gasteiger partial charge on any atom is -0.545 e. The summed E-state index contributed by atoms with van der Waals surface area (Å²) in [5.74, 6) is -5.26. The van der Waals surface area contributed by atoms with Gasteiger partial charge in [0.2, 0.25) is 0 Å². The quantitative estimate of drug-likeness (QED) is 0.147. The van der Waals surface area contributed by atoms with E-state index in [1.54, 1.807) is 17.7 Å². The summed E-state index contributed by atoms with van der Waals surface area (Å²) in [5, 5.41) is 36.6. The van der Waals surface area contributed by atoms with Crippen molar-refractivity contribution in [1.82, 2.24) is 0 Å². The maximum absolute atomic E-state index is 9.41. The van der Waals surface area contributed by atoms with E-state index in [-0.39, 0.29) is 42.3 Å². The summed E-state index contributed by atoms with van der Waals surface area (Å²) < 4.78 is 6.50. The van der Waals surface area contributed by atoms with Crippen molar-refractivity contribution in [2.75, 3.05) is 0 Å². The first-order valence-corrected chi connectivity index (χ1v) is 19.9. The number of hydrogen-bond donors (Lipinski definition) is 0. The number of aliphatic carboxylic acids is 4. The molecule has 0 saturated carbocycles. The minimum atomic E-state index is -1.55. The van der Waals surface area contributed by atoms with Gasteiger partial charge in [0.05, 0.1) is 11.9 Å².